The van der Waals surface area contributed by atoms with Gasteiger partial charge < -0.3 is 10.5 Å². The van der Waals surface area contributed by atoms with Crippen molar-refractivity contribution in [1.82, 2.24) is 0 Å². The van der Waals surface area contributed by atoms with Gasteiger partial charge in [0.15, 0.2) is 0 Å². The predicted molar refractivity (Wildman–Crippen MR) is 87.8 cm³/mol. The summed E-state index contributed by atoms with van der Waals surface area (Å²) in [5.41, 5.74) is 8.23. The zero-order valence-corrected chi connectivity index (χ0v) is 14.0. The molecular weight excluding hydrogens is 361 g/mol. The molecule has 0 heterocycles. The molecule has 2 aromatic rings. The summed E-state index contributed by atoms with van der Waals surface area (Å²) in [6.07, 6.45) is 0.627. The van der Waals surface area contributed by atoms with Crippen molar-refractivity contribution in [1.29, 1.82) is 0 Å². The van der Waals surface area contributed by atoms with Crippen LogP contribution in [0.25, 0.3) is 0 Å². The third-order valence-corrected chi connectivity index (χ3v) is 4.37. The summed E-state index contributed by atoms with van der Waals surface area (Å²) in [6.45, 7) is 0. The topological polar surface area (TPSA) is 35.2 Å². The normalized spacial score (nSPS) is 12.2. The van der Waals surface area contributed by atoms with E-state index < -0.39 is 0 Å². The van der Waals surface area contributed by atoms with Crippen LogP contribution in [0, 0.1) is 0 Å². The summed E-state index contributed by atoms with van der Waals surface area (Å²) in [4.78, 5) is 0. The zero-order chi connectivity index (χ0) is 14.7. The van der Waals surface area contributed by atoms with E-state index in [9.17, 15) is 0 Å². The van der Waals surface area contributed by atoms with Gasteiger partial charge in [-0.25, -0.2) is 0 Å². The Hall–Kier alpha value is -0.740. The Bertz CT molecular complexity index is 619. The Morgan fingerprint density at radius 2 is 1.95 bits per heavy atom. The Morgan fingerprint density at radius 3 is 2.60 bits per heavy atom. The number of hydrogen-bond acceptors (Lipinski definition) is 2. The molecule has 1 atom stereocenters. The van der Waals surface area contributed by atoms with Crippen molar-refractivity contribution in [2.24, 2.45) is 5.73 Å². The Balaban J connectivity index is 2.25. The first-order valence-corrected chi connectivity index (χ1v) is 7.59. The van der Waals surface area contributed by atoms with Gasteiger partial charge >= 0.3 is 0 Å². The SMILES string of the molecule is COc1ccc(Br)c(C(N)Cc2ccc(Cl)cc2Cl)c1. The summed E-state index contributed by atoms with van der Waals surface area (Å²) in [6, 6.07) is 11.0. The average Bonchev–Trinajstić information content (AvgIpc) is 2.42. The number of ether oxygens (including phenoxy) is 1. The van der Waals surface area contributed by atoms with Crippen LogP contribution >= 0.6 is 39.1 Å². The van der Waals surface area contributed by atoms with Gasteiger partial charge in [-0.1, -0.05) is 45.2 Å². The van der Waals surface area contributed by atoms with E-state index in [1.54, 1.807) is 13.2 Å². The zero-order valence-electron chi connectivity index (χ0n) is 10.9. The molecule has 0 aliphatic carbocycles. The first kappa shape index (κ1) is 15.6. The molecule has 0 bridgehead atoms. The van der Waals surface area contributed by atoms with Gasteiger partial charge in [-0.15, -0.1) is 0 Å². The number of nitrogens with two attached hydrogens (primary N) is 1. The first-order chi connectivity index (χ1) is 9.51. The number of rotatable bonds is 4. The van der Waals surface area contributed by atoms with Crippen LogP contribution in [-0.4, -0.2) is 7.11 Å². The summed E-state index contributed by atoms with van der Waals surface area (Å²) >= 11 is 15.6. The van der Waals surface area contributed by atoms with E-state index in [4.69, 9.17) is 33.7 Å². The van der Waals surface area contributed by atoms with Gasteiger partial charge in [0.25, 0.3) is 0 Å². The second kappa shape index (κ2) is 6.81. The fourth-order valence-electron chi connectivity index (χ4n) is 1.97. The summed E-state index contributed by atoms with van der Waals surface area (Å²) in [5.74, 6) is 0.779. The summed E-state index contributed by atoms with van der Waals surface area (Å²) in [7, 11) is 1.63. The molecule has 2 aromatic carbocycles. The van der Waals surface area contributed by atoms with E-state index in [1.165, 1.54) is 0 Å². The lowest BCUT2D eigenvalue weighted by atomic mass is 9.99. The molecule has 20 heavy (non-hydrogen) atoms. The van der Waals surface area contributed by atoms with Crippen LogP contribution in [0.15, 0.2) is 40.9 Å². The van der Waals surface area contributed by atoms with Crippen LogP contribution in [0.5, 0.6) is 5.75 Å². The highest BCUT2D eigenvalue weighted by molar-refractivity contribution is 9.10. The van der Waals surface area contributed by atoms with E-state index in [-0.39, 0.29) is 6.04 Å². The highest BCUT2D eigenvalue weighted by Gasteiger charge is 2.14. The minimum atomic E-state index is -0.182. The van der Waals surface area contributed by atoms with E-state index in [1.807, 2.05) is 30.3 Å². The third-order valence-electron chi connectivity index (χ3n) is 3.06. The molecule has 0 aliphatic rings. The van der Waals surface area contributed by atoms with Crippen molar-refractivity contribution in [3.05, 3.63) is 62.0 Å². The van der Waals surface area contributed by atoms with Crippen molar-refractivity contribution in [2.45, 2.75) is 12.5 Å². The third kappa shape index (κ3) is 3.67. The second-order valence-electron chi connectivity index (χ2n) is 4.43. The molecule has 2 rings (SSSR count). The van der Waals surface area contributed by atoms with Gasteiger partial charge in [0.1, 0.15) is 5.75 Å². The Labute approximate surface area is 137 Å². The van der Waals surface area contributed by atoms with E-state index in [0.717, 1.165) is 21.3 Å². The highest BCUT2D eigenvalue weighted by atomic mass is 79.9. The minimum Gasteiger partial charge on any atom is -0.497 e. The smallest absolute Gasteiger partial charge is 0.119 e. The van der Waals surface area contributed by atoms with Crippen LogP contribution in [0.1, 0.15) is 17.2 Å². The second-order valence-corrected chi connectivity index (χ2v) is 6.13. The maximum absolute atomic E-state index is 6.28. The van der Waals surface area contributed by atoms with Crippen LogP contribution < -0.4 is 10.5 Å². The lowest BCUT2D eigenvalue weighted by Gasteiger charge is -2.16. The standard InChI is InChI=1S/C15H14BrCl2NO/c1-20-11-4-5-13(16)12(8-11)15(19)6-9-2-3-10(17)7-14(9)18/h2-5,7-8,15H,6,19H2,1H3. The molecule has 0 fully saturated rings. The molecule has 0 aromatic heterocycles. The van der Waals surface area contributed by atoms with Crippen LogP contribution in [0.3, 0.4) is 0 Å². The number of methoxy groups -OCH3 is 1. The molecule has 0 spiro atoms. The monoisotopic (exact) mass is 373 g/mol. The van der Waals surface area contributed by atoms with Gasteiger partial charge in [-0.05, 0) is 47.9 Å². The van der Waals surface area contributed by atoms with Crippen LogP contribution in [0.4, 0.5) is 0 Å². The Kier molecular flexibility index (Phi) is 5.33. The fraction of sp³-hybridized carbons (Fsp3) is 0.200. The molecule has 0 aliphatic heterocycles. The number of benzene rings is 2. The fourth-order valence-corrected chi connectivity index (χ4v) is 2.99. The summed E-state index contributed by atoms with van der Waals surface area (Å²) in [5, 5.41) is 1.25. The molecule has 0 saturated carbocycles. The van der Waals surface area contributed by atoms with E-state index in [0.29, 0.717) is 16.5 Å². The van der Waals surface area contributed by atoms with Crippen molar-refractivity contribution in [3.8, 4) is 5.75 Å². The van der Waals surface area contributed by atoms with Crippen LogP contribution in [0.2, 0.25) is 10.0 Å². The molecule has 106 valence electrons. The predicted octanol–water partition coefficient (Wildman–Crippen LogP) is 5.01. The van der Waals surface area contributed by atoms with Gasteiger partial charge in [0.05, 0.1) is 7.11 Å². The lowest BCUT2D eigenvalue weighted by molar-refractivity contribution is 0.413. The van der Waals surface area contributed by atoms with Crippen molar-refractivity contribution in [2.75, 3.05) is 7.11 Å². The Morgan fingerprint density at radius 1 is 1.20 bits per heavy atom. The maximum Gasteiger partial charge on any atom is 0.119 e. The largest absolute Gasteiger partial charge is 0.497 e. The van der Waals surface area contributed by atoms with Gasteiger partial charge in [0.2, 0.25) is 0 Å². The number of hydrogen-bond donors (Lipinski definition) is 1. The minimum absolute atomic E-state index is 0.182. The molecule has 1 unspecified atom stereocenters. The number of halogens is 3. The molecule has 0 saturated heterocycles. The van der Waals surface area contributed by atoms with Gasteiger partial charge in [-0.2, -0.15) is 0 Å². The van der Waals surface area contributed by atoms with E-state index in [2.05, 4.69) is 15.9 Å². The molecule has 5 heteroatoms. The maximum atomic E-state index is 6.28. The van der Waals surface area contributed by atoms with Crippen molar-refractivity contribution in [3.63, 3.8) is 0 Å². The molecule has 2 N–H and O–H groups in total. The van der Waals surface area contributed by atoms with Crippen molar-refractivity contribution < 1.29 is 4.74 Å². The van der Waals surface area contributed by atoms with Gasteiger partial charge in [-0.3, -0.25) is 0 Å². The molecular formula is C15H14BrCl2NO. The molecule has 0 amide bonds. The quantitative estimate of drug-likeness (QED) is 0.816. The van der Waals surface area contributed by atoms with Crippen LogP contribution in [-0.2, 0) is 6.42 Å². The lowest BCUT2D eigenvalue weighted by Crippen LogP contribution is -2.14. The molecule has 2 nitrogen and oxygen atoms in total. The average molecular weight is 375 g/mol. The summed E-state index contributed by atoms with van der Waals surface area (Å²) < 4.78 is 6.18. The van der Waals surface area contributed by atoms with Crippen molar-refractivity contribution >= 4 is 39.1 Å². The van der Waals surface area contributed by atoms with E-state index >= 15 is 0 Å². The van der Waals surface area contributed by atoms with Gasteiger partial charge in [0, 0.05) is 20.6 Å². The highest BCUT2D eigenvalue weighted by Crippen LogP contribution is 2.30. The molecule has 0 radical (unpaired) electrons. The first-order valence-electron chi connectivity index (χ1n) is 6.04.